The molecule has 1 fully saturated rings. The molecule has 0 bridgehead atoms. The highest BCUT2D eigenvalue weighted by molar-refractivity contribution is 6.33. The van der Waals surface area contributed by atoms with Crippen molar-refractivity contribution in [2.75, 3.05) is 30.3 Å². The smallest absolute Gasteiger partial charge is 0.147 e. The first-order valence-corrected chi connectivity index (χ1v) is 5.32. The van der Waals surface area contributed by atoms with Crippen LogP contribution in [0.4, 0.5) is 11.5 Å². The lowest BCUT2D eigenvalue weighted by Gasteiger charge is -2.32. The normalized spacial score (nSPS) is 21.7. The van der Waals surface area contributed by atoms with Gasteiger partial charge in [0.2, 0.25) is 0 Å². The first kappa shape index (κ1) is 10.5. The molecule has 0 radical (unpaired) electrons. The van der Waals surface area contributed by atoms with E-state index in [2.05, 4.69) is 9.88 Å². The lowest BCUT2D eigenvalue weighted by atomic mass is 10.3. The molecule has 1 saturated heterocycles. The zero-order valence-electron chi connectivity index (χ0n) is 8.61. The number of hydrogen-bond donors (Lipinski definition) is 1. The molecular weight excluding hydrogens is 214 g/mol. The Bertz CT molecular complexity index is 359. The van der Waals surface area contributed by atoms with Crippen molar-refractivity contribution in [2.24, 2.45) is 0 Å². The van der Waals surface area contributed by atoms with Gasteiger partial charge in [-0.3, -0.25) is 0 Å². The second-order valence-corrected chi connectivity index (χ2v) is 4.11. The number of hydrogen-bond acceptors (Lipinski definition) is 4. The van der Waals surface area contributed by atoms with Gasteiger partial charge in [-0.1, -0.05) is 11.6 Å². The van der Waals surface area contributed by atoms with Crippen LogP contribution in [0.1, 0.15) is 6.92 Å². The highest BCUT2D eigenvalue weighted by Crippen LogP contribution is 2.26. The van der Waals surface area contributed by atoms with Gasteiger partial charge in [0.05, 0.1) is 29.6 Å². The molecule has 82 valence electrons. The molecule has 1 unspecified atom stereocenters. The fourth-order valence-corrected chi connectivity index (χ4v) is 1.98. The Morgan fingerprint density at radius 1 is 1.67 bits per heavy atom. The summed E-state index contributed by atoms with van der Waals surface area (Å²) in [6.07, 6.45) is 1.84. The molecule has 1 aromatic rings. The Kier molecular flexibility index (Phi) is 2.98. The molecule has 1 aliphatic rings. The topological polar surface area (TPSA) is 51.4 Å². The third-order valence-corrected chi connectivity index (χ3v) is 2.66. The van der Waals surface area contributed by atoms with Crippen molar-refractivity contribution in [1.82, 2.24) is 4.98 Å². The van der Waals surface area contributed by atoms with Crippen LogP contribution in [0.3, 0.4) is 0 Å². The Hall–Kier alpha value is -1.00. The summed E-state index contributed by atoms with van der Waals surface area (Å²) in [7, 11) is 0. The zero-order valence-corrected chi connectivity index (χ0v) is 9.37. The molecule has 2 rings (SSSR count). The van der Waals surface area contributed by atoms with E-state index < -0.39 is 0 Å². The highest BCUT2D eigenvalue weighted by Gasteiger charge is 2.19. The lowest BCUT2D eigenvalue weighted by molar-refractivity contribution is 0.0529. The van der Waals surface area contributed by atoms with Crippen molar-refractivity contribution in [3.8, 4) is 0 Å². The molecule has 0 spiro atoms. The van der Waals surface area contributed by atoms with E-state index in [-0.39, 0.29) is 6.10 Å². The summed E-state index contributed by atoms with van der Waals surface area (Å²) in [6, 6.07) is 1.73. The Morgan fingerprint density at radius 3 is 3.13 bits per heavy atom. The van der Waals surface area contributed by atoms with E-state index in [1.54, 1.807) is 12.3 Å². The van der Waals surface area contributed by atoms with Crippen LogP contribution in [0.5, 0.6) is 0 Å². The first-order valence-electron chi connectivity index (χ1n) is 4.94. The van der Waals surface area contributed by atoms with Gasteiger partial charge in [0.1, 0.15) is 5.82 Å². The predicted molar refractivity (Wildman–Crippen MR) is 61.3 cm³/mol. The number of rotatable bonds is 1. The third kappa shape index (κ3) is 2.33. The van der Waals surface area contributed by atoms with E-state index in [0.29, 0.717) is 17.3 Å². The third-order valence-electron chi connectivity index (χ3n) is 2.38. The number of nitrogen functional groups attached to an aromatic ring is 1. The van der Waals surface area contributed by atoms with Crippen LogP contribution in [-0.2, 0) is 4.74 Å². The fraction of sp³-hybridized carbons (Fsp3) is 0.500. The number of pyridine rings is 1. The first-order chi connectivity index (χ1) is 7.16. The summed E-state index contributed by atoms with van der Waals surface area (Å²) in [5.41, 5.74) is 6.18. The largest absolute Gasteiger partial charge is 0.397 e. The van der Waals surface area contributed by atoms with Gasteiger partial charge in [0.15, 0.2) is 0 Å². The van der Waals surface area contributed by atoms with Crippen LogP contribution in [0.25, 0.3) is 0 Å². The van der Waals surface area contributed by atoms with E-state index in [1.807, 2.05) is 6.92 Å². The van der Waals surface area contributed by atoms with Gasteiger partial charge < -0.3 is 15.4 Å². The van der Waals surface area contributed by atoms with Crippen LogP contribution in [0.2, 0.25) is 5.02 Å². The molecule has 1 atom stereocenters. The van der Waals surface area contributed by atoms with Gasteiger partial charge in [-0.05, 0) is 13.0 Å². The van der Waals surface area contributed by atoms with Gasteiger partial charge in [-0.2, -0.15) is 0 Å². The predicted octanol–water partition coefficient (Wildman–Crippen LogP) is 1.54. The summed E-state index contributed by atoms with van der Waals surface area (Å²) < 4.78 is 5.46. The average molecular weight is 228 g/mol. The molecule has 0 amide bonds. The molecule has 5 heteroatoms. The van der Waals surface area contributed by atoms with Crippen molar-refractivity contribution in [1.29, 1.82) is 0 Å². The van der Waals surface area contributed by atoms with Crippen LogP contribution in [-0.4, -0.2) is 30.8 Å². The van der Waals surface area contributed by atoms with E-state index in [0.717, 1.165) is 18.9 Å². The van der Waals surface area contributed by atoms with Crippen molar-refractivity contribution in [3.63, 3.8) is 0 Å². The number of anilines is 2. The summed E-state index contributed by atoms with van der Waals surface area (Å²) in [5.74, 6) is 0.793. The van der Waals surface area contributed by atoms with Crippen molar-refractivity contribution in [2.45, 2.75) is 13.0 Å². The van der Waals surface area contributed by atoms with Crippen LogP contribution in [0, 0.1) is 0 Å². The van der Waals surface area contributed by atoms with Gasteiger partial charge in [-0.15, -0.1) is 0 Å². The Balaban J connectivity index is 2.21. The molecule has 0 aliphatic carbocycles. The van der Waals surface area contributed by atoms with Crippen LogP contribution < -0.4 is 10.6 Å². The number of morpholine rings is 1. The Labute approximate surface area is 94.0 Å². The maximum atomic E-state index is 6.09. The number of nitrogens with two attached hydrogens (primary N) is 1. The molecular formula is C10H14ClN3O. The van der Waals surface area contributed by atoms with E-state index in [4.69, 9.17) is 22.1 Å². The average Bonchev–Trinajstić information content (AvgIpc) is 2.17. The van der Waals surface area contributed by atoms with Gasteiger partial charge >= 0.3 is 0 Å². The summed E-state index contributed by atoms with van der Waals surface area (Å²) in [5, 5.41) is 0.601. The maximum absolute atomic E-state index is 6.09. The molecule has 2 heterocycles. The Morgan fingerprint density at radius 2 is 2.47 bits per heavy atom. The number of halogens is 1. The van der Waals surface area contributed by atoms with Crippen LogP contribution in [0.15, 0.2) is 12.3 Å². The molecule has 4 nitrogen and oxygen atoms in total. The van der Waals surface area contributed by atoms with E-state index >= 15 is 0 Å². The van der Waals surface area contributed by atoms with Crippen molar-refractivity contribution in [3.05, 3.63) is 17.3 Å². The summed E-state index contributed by atoms with van der Waals surface area (Å²) in [6.45, 7) is 4.39. The van der Waals surface area contributed by atoms with Crippen molar-refractivity contribution < 1.29 is 4.74 Å². The number of ether oxygens (including phenoxy) is 1. The molecule has 0 aromatic carbocycles. The van der Waals surface area contributed by atoms with Crippen molar-refractivity contribution >= 4 is 23.1 Å². The monoisotopic (exact) mass is 227 g/mol. The minimum absolute atomic E-state index is 0.217. The fourth-order valence-electron chi connectivity index (χ4n) is 1.69. The quantitative estimate of drug-likeness (QED) is 0.791. The molecule has 1 aliphatic heterocycles. The second-order valence-electron chi connectivity index (χ2n) is 3.70. The minimum Gasteiger partial charge on any atom is -0.397 e. The minimum atomic E-state index is 0.217. The second kappa shape index (κ2) is 4.24. The standard InChI is InChI=1S/C10H14ClN3O/c1-7-6-14(2-3-15-7)10-9(11)4-8(12)5-13-10/h4-5,7H,2-3,6,12H2,1H3. The summed E-state index contributed by atoms with van der Waals surface area (Å²) in [4.78, 5) is 6.37. The zero-order chi connectivity index (χ0) is 10.8. The molecule has 1 aromatic heterocycles. The SMILES string of the molecule is CC1CN(c2ncc(N)cc2Cl)CCO1. The van der Waals surface area contributed by atoms with E-state index in [1.165, 1.54) is 0 Å². The molecule has 2 N–H and O–H groups in total. The highest BCUT2D eigenvalue weighted by atomic mass is 35.5. The molecule has 15 heavy (non-hydrogen) atoms. The van der Waals surface area contributed by atoms with E-state index in [9.17, 15) is 0 Å². The van der Waals surface area contributed by atoms with Gasteiger partial charge in [0.25, 0.3) is 0 Å². The molecule has 0 saturated carbocycles. The number of nitrogens with zero attached hydrogens (tertiary/aromatic N) is 2. The lowest BCUT2D eigenvalue weighted by Crippen LogP contribution is -2.41. The van der Waals surface area contributed by atoms with Crippen LogP contribution >= 0.6 is 11.6 Å². The maximum Gasteiger partial charge on any atom is 0.147 e. The van der Waals surface area contributed by atoms with Gasteiger partial charge in [-0.25, -0.2) is 4.98 Å². The summed E-state index contributed by atoms with van der Waals surface area (Å²) >= 11 is 6.09. The van der Waals surface area contributed by atoms with Gasteiger partial charge in [0, 0.05) is 13.1 Å². The number of aromatic nitrogens is 1.